The zero-order valence-corrected chi connectivity index (χ0v) is 33.6. The predicted molar refractivity (Wildman–Crippen MR) is 215 cm³/mol. The Bertz CT molecular complexity index is 1430. The van der Waals surface area contributed by atoms with Crippen molar-refractivity contribution in [3.8, 4) is 0 Å². The van der Waals surface area contributed by atoms with Crippen LogP contribution in [-0.4, -0.2) is 47.0 Å². The summed E-state index contributed by atoms with van der Waals surface area (Å²) in [6.45, 7) is 0. The van der Waals surface area contributed by atoms with Crippen LogP contribution in [0, 0.1) is 0 Å². The molecule has 0 nitrogen and oxygen atoms in total. The van der Waals surface area contributed by atoms with Gasteiger partial charge < -0.3 is 0 Å². The lowest BCUT2D eigenvalue weighted by atomic mass is 10.2. The predicted octanol–water partition coefficient (Wildman–Crippen LogP) is 8.13. The zero-order valence-electron chi connectivity index (χ0n) is 27.6. The molecule has 0 spiro atoms. The third kappa shape index (κ3) is 8.61. The molecular formula is C42H42Si6. The molecule has 48 heavy (non-hydrogen) atoms. The minimum atomic E-state index is -0.611. The highest BCUT2D eigenvalue weighted by atomic mass is 30.1. The molecule has 0 atom stereocenters. The lowest BCUT2D eigenvalue weighted by molar-refractivity contribution is 1.32. The fourth-order valence-electron chi connectivity index (χ4n) is 7.17. The molecule has 0 aromatic heterocycles. The Hall–Kier alpha value is -3.38. The molecule has 0 unspecified atom stereocenters. The van der Waals surface area contributed by atoms with E-state index in [2.05, 4.69) is 182 Å². The first-order valence-corrected chi connectivity index (χ1v) is 33.4. The number of hydrogen-bond acceptors (Lipinski definition) is 0. The van der Waals surface area contributed by atoms with Crippen LogP contribution < -0.4 is 0 Å². The van der Waals surface area contributed by atoms with Gasteiger partial charge in [0.05, 0.1) is 0 Å². The summed E-state index contributed by atoms with van der Waals surface area (Å²) in [6, 6.07) is 78.6. The van der Waals surface area contributed by atoms with Gasteiger partial charge in [0, 0.05) is 47.0 Å². The first-order chi connectivity index (χ1) is 23.8. The second-order valence-corrected chi connectivity index (χ2v) is 51.4. The van der Waals surface area contributed by atoms with E-state index in [0.29, 0.717) is 0 Å². The van der Waals surface area contributed by atoms with Crippen molar-refractivity contribution in [3.05, 3.63) is 215 Å². The molecule has 6 aromatic rings. The van der Waals surface area contributed by atoms with Crippen molar-refractivity contribution in [1.82, 2.24) is 0 Å². The van der Waals surface area contributed by atoms with Crippen LogP contribution in [0.25, 0.3) is 0 Å². The van der Waals surface area contributed by atoms with Gasteiger partial charge in [-0.1, -0.05) is 215 Å². The van der Waals surface area contributed by atoms with Crippen molar-refractivity contribution >= 4 is 47.0 Å². The summed E-state index contributed by atoms with van der Waals surface area (Å²) in [5.41, 5.74) is 9.66. The molecule has 1 saturated heterocycles. The van der Waals surface area contributed by atoms with Crippen LogP contribution in [0.4, 0.5) is 0 Å². The van der Waals surface area contributed by atoms with Gasteiger partial charge in [0.2, 0.25) is 0 Å². The lowest BCUT2D eigenvalue weighted by Gasteiger charge is -2.50. The summed E-state index contributed by atoms with van der Waals surface area (Å²) in [4.78, 5) is 0. The minimum absolute atomic E-state index is 0.611. The Morgan fingerprint density at radius 2 is 0.312 bits per heavy atom. The summed E-state index contributed by atoms with van der Waals surface area (Å²) in [6.07, 6.45) is 0. The maximum atomic E-state index is 2.46. The largest absolute Gasteiger partial charge is 0.0622 e. The number of benzene rings is 6. The van der Waals surface area contributed by atoms with Crippen LogP contribution in [0.1, 0.15) is 33.4 Å². The molecule has 234 valence electrons. The van der Waals surface area contributed by atoms with E-state index in [9.17, 15) is 0 Å². The maximum absolute atomic E-state index is 2.46. The van der Waals surface area contributed by atoms with Gasteiger partial charge in [0.15, 0.2) is 0 Å². The third-order valence-electron chi connectivity index (χ3n) is 9.53. The smallest absolute Gasteiger partial charge is 0.0283 e. The van der Waals surface area contributed by atoms with Crippen LogP contribution in [0.5, 0.6) is 0 Å². The van der Waals surface area contributed by atoms with Crippen molar-refractivity contribution in [1.29, 1.82) is 0 Å². The summed E-state index contributed by atoms with van der Waals surface area (Å²) in [5.74, 6) is 0. The first kappa shape index (κ1) is 33.1. The van der Waals surface area contributed by atoms with Gasteiger partial charge in [-0.3, -0.25) is 0 Å². The van der Waals surface area contributed by atoms with Crippen LogP contribution in [0.2, 0.25) is 0 Å². The van der Waals surface area contributed by atoms with Gasteiger partial charge >= 0.3 is 0 Å². The molecular weight excluding hydrogens is 673 g/mol. The Balaban J connectivity index is 1.41. The van der Waals surface area contributed by atoms with Gasteiger partial charge in [-0.15, -0.1) is 0 Å². The van der Waals surface area contributed by atoms with Crippen molar-refractivity contribution < 1.29 is 0 Å². The van der Waals surface area contributed by atoms with Crippen molar-refractivity contribution in [3.63, 3.8) is 0 Å². The van der Waals surface area contributed by atoms with E-state index in [-0.39, 0.29) is 0 Å². The second kappa shape index (κ2) is 16.8. The molecule has 0 saturated carbocycles. The number of hydrogen-bond donors (Lipinski definition) is 0. The fraction of sp³-hybridized carbons (Fsp3) is 0.143. The molecule has 0 aliphatic carbocycles. The second-order valence-electron chi connectivity index (χ2n) is 12.8. The first-order valence-electron chi connectivity index (χ1n) is 17.2. The molecule has 0 bridgehead atoms. The van der Waals surface area contributed by atoms with Crippen molar-refractivity contribution in [2.24, 2.45) is 0 Å². The topological polar surface area (TPSA) is 0 Å². The summed E-state index contributed by atoms with van der Waals surface area (Å²) in [7, 11) is -3.67. The van der Waals surface area contributed by atoms with E-state index >= 15 is 0 Å². The highest BCUT2D eigenvalue weighted by molar-refractivity contribution is 7.95. The van der Waals surface area contributed by atoms with Gasteiger partial charge in [0.25, 0.3) is 0 Å². The summed E-state index contributed by atoms with van der Waals surface area (Å²) in [5, 5.41) is 0. The number of rotatable bonds is 12. The Morgan fingerprint density at radius 3 is 0.438 bits per heavy atom. The highest BCUT2D eigenvalue weighted by Gasteiger charge is 2.53. The van der Waals surface area contributed by atoms with Gasteiger partial charge in [0.1, 0.15) is 0 Å². The molecule has 0 N–H and O–H groups in total. The fourth-order valence-corrected chi connectivity index (χ4v) is 136. The van der Waals surface area contributed by atoms with Crippen molar-refractivity contribution in [2.75, 3.05) is 0 Å². The molecule has 0 amide bonds. The molecule has 6 aromatic carbocycles. The minimum Gasteiger partial charge on any atom is -0.0622 e. The lowest BCUT2D eigenvalue weighted by Crippen LogP contribution is -2.81. The van der Waals surface area contributed by atoms with Crippen LogP contribution in [0.3, 0.4) is 0 Å². The standard InChI is InChI=1S/C42H42Si6/c1-7-19-37(20-8-1)31-43-44(32-38-21-9-2-10-22-38)46(34-40-25-13-4-14-26-40)48(36-42-29-17-6-18-30-42)47(35-41-27-15-5-16-28-41)45(43)33-39-23-11-3-12-24-39/h1-30H,31-36H2. The van der Waals surface area contributed by atoms with Crippen LogP contribution in [0.15, 0.2) is 182 Å². The molecule has 1 aliphatic heterocycles. The SMILES string of the molecule is c1ccc(C[Si]2[Si](Cc3ccccc3)[Si](Cc3ccccc3)[Si](Cc3ccccc3)[Si](Cc3ccccc3)[Si]2Cc2ccccc2)cc1. The van der Waals surface area contributed by atoms with Crippen LogP contribution in [-0.2, 0) is 36.3 Å². The van der Waals surface area contributed by atoms with Gasteiger partial charge in [-0.05, 0) is 36.3 Å². The Labute approximate surface area is 296 Å². The summed E-state index contributed by atoms with van der Waals surface area (Å²) < 4.78 is 0. The van der Waals surface area contributed by atoms with Gasteiger partial charge in [-0.2, -0.15) is 0 Å². The summed E-state index contributed by atoms with van der Waals surface area (Å²) >= 11 is 0. The maximum Gasteiger partial charge on any atom is 0.0283 e. The van der Waals surface area contributed by atoms with Gasteiger partial charge in [-0.25, -0.2) is 0 Å². The highest BCUT2D eigenvalue weighted by Crippen LogP contribution is 2.29. The molecule has 6 heteroatoms. The molecule has 1 fully saturated rings. The average Bonchev–Trinajstić information content (AvgIpc) is 3.15. The van der Waals surface area contributed by atoms with E-state index in [1.165, 1.54) is 36.3 Å². The average molecular weight is 715 g/mol. The van der Waals surface area contributed by atoms with E-state index in [0.717, 1.165) is 0 Å². The molecule has 1 heterocycles. The Morgan fingerprint density at radius 1 is 0.188 bits per heavy atom. The van der Waals surface area contributed by atoms with E-state index in [1.54, 1.807) is 33.4 Å². The molecule has 6 radical (unpaired) electrons. The molecule has 7 rings (SSSR count). The third-order valence-corrected chi connectivity index (χ3v) is 84.0. The van der Waals surface area contributed by atoms with E-state index in [4.69, 9.17) is 0 Å². The quantitative estimate of drug-likeness (QED) is 0.112. The monoisotopic (exact) mass is 714 g/mol. The van der Waals surface area contributed by atoms with Crippen molar-refractivity contribution in [2.45, 2.75) is 36.3 Å². The van der Waals surface area contributed by atoms with E-state index in [1.807, 2.05) is 0 Å². The molecule has 1 aliphatic rings. The van der Waals surface area contributed by atoms with Crippen LogP contribution >= 0.6 is 0 Å². The zero-order chi connectivity index (χ0) is 32.4. The van der Waals surface area contributed by atoms with E-state index < -0.39 is 47.0 Å². The Kier molecular flexibility index (Phi) is 11.6. The normalized spacial score (nSPS) is 15.5.